The lowest BCUT2D eigenvalue weighted by Gasteiger charge is -2.15. The molecule has 0 atom stereocenters. The number of carbonyl (C=O) groups is 1. The largest absolute Gasteiger partial charge is 0.336 e. The molecule has 4 heteroatoms. The summed E-state index contributed by atoms with van der Waals surface area (Å²) >= 11 is 1.51. The summed E-state index contributed by atoms with van der Waals surface area (Å²) in [5.74, 6) is -0.0495. The first kappa shape index (κ1) is 16.4. The Kier molecular flexibility index (Phi) is 5.06. The minimum Gasteiger partial charge on any atom is -0.336 e. The fourth-order valence-corrected chi connectivity index (χ4v) is 3.31. The highest BCUT2D eigenvalue weighted by molar-refractivity contribution is 7.13. The van der Waals surface area contributed by atoms with Crippen molar-refractivity contribution >= 4 is 17.2 Å². The van der Waals surface area contributed by atoms with E-state index in [1.165, 1.54) is 16.9 Å². The lowest BCUT2D eigenvalue weighted by molar-refractivity contribution is 0.0780. The summed E-state index contributed by atoms with van der Waals surface area (Å²) in [6, 6.07) is 18.3. The predicted octanol–water partition coefficient (Wildman–Crippen LogP) is 4.64. The first-order valence-corrected chi connectivity index (χ1v) is 8.89. The minimum absolute atomic E-state index is 0.0495. The number of aromatic nitrogens is 1. The van der Waals surface area contributed by atoms with Crippen LogP contribution in [0, 0.1) is 0 Å². The molecule has 0 N–H and O–H groups in total. The van der Waals surface area contributed by atoms with E-state index in [-0.39, 0.29) is 5.91 Å². The molecule has 3 aromatic rings. The smallest absolute Gasteiger partial charge is 0.273 e. The Bertz CT molecular complexity index is 809. The maximum Gasteiger partial charge on any atom is 0.273 e. The molecule has 1 aromatic heterocycles. The van der Waals surface area contributed by atoms with Gasteiger partial charge in [-0.05, 0) is 17.5 Å². The maximum atomic E-state index is 12.6. The lowest BCUT2D eigenvalue weighted by atomic mass is 10.1. The molecule has 3 rings (SSSR count). The highest BCUT2D eigenvalue weighted by Crippen LogP contribution is 2.24. The number of nitrogens with zero attached hydrogens (tertiary/aromatic N) is 2. The SMILES string of the molecule is CCc1ccc(-c2nc(C(=O)N(C)Cc3ccccc3)cs2)cc1. The third-order valence-electron chi connectivity index (χ3n) is 3.94. The van der Waals surface area contributed by atoms with Gasteiger partial charge in [0.2, 0.25) is 0 Å². The molecule has 0 aliphatic carbocycles. The molecule has 0 aliphatic heterocycles. The van der Waals surface area contributed by atoms with Crippen LogP contribution in [0.25, 0.3) is 10.6 Å². The number of rotatable bonds is 5. The minimum atomic E-state index is -0.0495. The topological polar surface area (TPSA) is 33.2 Å². The van der Waals surface area contributed by atoms with Gasteiger partial charge >= 0.3 is 0 Å². The number of aryl methyl sites for hydroxylation is 1. The zero-order chi connectivity index (χ0) is 16.9. The molecule has 0 spiro atoms. The van der Waals surface area contributed by atoms with Crippen molar-refractivity contribution in [2.24, 2.45) is 0 Å². The Labute approximate surface area is 146 Å². The third kappa shape index (κ3) is 3.71. The van der Waals surface area contributed by atoms with Crippen LogP contribution in [0.2, 0.25) is 0 Å². The lowest BCUT2D eigenvalue weighted by Crippen LogP contribution is -2.26. The molecule has 3 nitrogen and oxygen atoms in total. The molecule has 0 radical (unpaired) electrons. The number of hydrogen-bond acceptors (Lipinski definition) is 3. The Morgan fingerprint density at radius 1 is 1.04 bits per heavy atom. The average molecular weight is 336 g/mol. The summed E-state index contributed by atoms with van der Waals surface area (Å²) in [5.41, 5.74) is 3.98. The third-order valence-corrected chi connectivity index (χ3v) is 4.83. The van der Waals surface area contributed by atoms with Gasteiger partial charge in [0, 0.05) is 24.5 Å². The highest BCUT2D eigenvalue weighted by atomic mass is 32.1. The summed E-state index contributed by atoms with van der Waals surface area (Å²) < 4.78 is 0. The van der Waals surface area contributed by atoms with Crippen LogP contribution in [0.3, 0.4) is 0 Å². The number of carbonyl (C=O) groups excluding carboxylic acids is 1. The van der Waals surface area contributed by atoms with E-state index in [1.807, 2.05) is 42.8 Å². The number of hydrogen-bond donors (Lipinski definition) is 0. The summed E-state index contributed by atoms with van der Waals surface area (Å²) in [7, 11) is 1.81. The zero-order valence-corrected chi connectivity index (χ0v) is 14.7. The zero-order valence-electron chi connectivity index (χ0n) is 13.9. The molecule has 122 valence electrons. The van der Waals surface area contributed by atoms with E-state index in [0.29, 0.717) is 12.2 Å². The number of thiazole rings is 1. The molecule has 0 unspecified atom stereocenters. The van der Waals surface area contributed by atoms with E-state index >= 15 is 0 Å². The maximum absolute atomic E-state index is 12.6. The molecule has 0 aliphatic rings. The number of amides is 1. The fraction of sp³-hybridized carbons (Fsp3) is 0.200. The monoisotopic (exact) mass is 336 g/mol. The quantitative estimate of drug-likeness (QED) is 0.680. The van der Waals surface area contributed by atoms with Crippen molar-refractivity contribution < 1.29 is 4.79 Å². The normalized spacial score (nSPS) is 10.6. The van der Waals surface area contributed by atoms with Gasteiger partial charge in [-0.15, -0.1) is 11.3 Å². The fourth-order valence-electron chi connectivity index (χ4n) is 2.51. The molecule has 2 aromatic carbocycles. The van der Waals surface area contributed by atoms with Gasteiger partial charge in [-0.3, -0.25) is 4.79 Å². The first-order chi connectivity index (χ1) is 11.7. The van der Waals surface area contributed by atoms with Gasteiger partial charge in [-0.2, -0.15) is 0 Å². The Morgan fingerprint density at radius 2 is 1.75 bits per heavy atom. The van der Waals surface area contributed by atoms with Crippen molar-refractivity contribution in [3.63, 3.8) is 0 Å². The van der Waals surface area contributed by atoms with Crippen LogP contribution in [0.4, 0.5) is 0 Å². The van der Waals surface area contributed by atoms with Crippen molar-refractivity contribution in [2.75, 3.05) is 7.05 Å². The van der Waals surface area contributed by atoms with E-state index in [2.05, 4.69) is 36.2 Å². The van der Waals surface area contributed by atoms with Crippen LogP contribution in [0.15, 0.2) is 60.0 Å². The van der Waals surface area contributed by atoms with Crippen molar-refractivity contribution in [2.45, 2.75) is 19.9 Å². The van der Waals surface area contributed by atoms with Crippen LogP contribution in [0.1, 0.15) is 28.5 Å². The van der Waals surface area contributed by atoms with Crippen molar-refractivity contribution in [1.82, 2.24) is 9.88 Å². The molecular weight excluding hydrogens is 316 g/mol. The van der Waals surface area contributed by atoms with E-state index in [0.717, 1.165) is 22.6 Å². The highest BCUT2D eigenvalue weighted by Gasteiger charge is 2.16. The molecule has 0 saturated carbocycles. The van der Waals surface area contributed by atoms with Crippen molar-refractivity contribution in [3.05, 3.63) is 76.8 Å². The van der Waals surface area contributed by atoms with Gasteiger partial charge in [0.25, 0.3) is 5.91 Å². The first-order valence-electron chi connectivity index (χ1n) is 8.01. The van der Waals surface area contributed by atoms with Crippen LogP contribution in [0.5, 0.6) is 0 Å². The van der Waals surface area contributed by atoms with E-state index in [4.69, 9.17) is 0 Å². The molecule has 0 saturated heterocycles. The summed E-state index contributed by atoms with van der Waals surface area (Å²) in [5, 5.41) is 2.72. The van der Waals surface area contributed by atoms with E-state index in [1.54, 1.807) is 4.90 Å². The molecule has 24 heavy (non-hydrogen) atoms. The summed E-state index contributed by atoms with van der Waals surface area (Å²) in [6.45, 7) is 2.72. The Balaban J connectivity index is 1.73. The Morgan fingerprint density at radius 3 is 2.42 bits per heavy atom. The van der Waals surface area contributed by atoms with Gasteiger partial charge in [0.1, 0.15) is 10.7 Å². The van der Waals surface area contributed by atoms with Gasteiger partial charge < -0.3 is 4.90 Å². The predicted molar refractivity (Wildman–Crippen MR) is 99.2 cm³/mol. The van der Waals surface area contributed by atoms with Gasteiger partial charge in [0.05, 0.1) is 0 Å². The van der Waals surface area contributed by atoms with Crippen LogP contribution < -0.4 is 0 Å². The molecule has 1 heterocycles. The number of benzene rings is 2. The van der Waals surface area contributed by atoms with Crippen molar-refractivity contribution in [1.29, 1.82) is 0 Å². The average Bonchev–Trinajstić information content (AvgIpc) is 3.12. The molecule has 1 amide bonds. The van der Waals surface area contributed by atoms with E-state index < -0.39 is 0 Å². The molecule has 0 fully saturated rings. The second kappa shape index (κ2) is 7.41. The van der Waals surface area contributed by atoms with Gasteiger partial charge in [0.15, 0.2) is 0 Å². The summed E-state index contributed by atoms with van der Waals surface area (Å²) in [6.07, 6.45) is 1.02. The van der Waals surface area contributed by atoms with Crippen molar-refractivity contribution in [3.8, 4) is 10.6 Å². The van der Waals surface area contributed by atoms with Crippen LogP contribution in [-0.2, 0) is 13.0 Å². The van der Waals surface area contributed by atoms with E-state index in [9.17, 15) is 4.79 Å². The second-order valence-corrected chi connectivity index (χ2v) is 6.59. The summed E-state index contributed by atoms with van der Waals surface area (Å²) in [4.78, 5) is 18.8. The Hall–Kier alpha value is -2.46. The van der Waals surface area contributed by atoms with Gasteiger partial charge in [-0.25, -0.2) is 4.98 Å². The van der Waals surface area contributed by atoms with Gasteiger partial charge in [-0.1, -0.05) is 61.5 Å². The molecule has 0 bridgehead atoms. The standard InChI is InChI=1S/C20H20N2OS/c1-3-15-9-11-17(12-10-15)19-21-18(14-24-19)20(23)22(2)13-16-7-5-4-6-8-16/h4-12,14H,3,13H2,1-2H3. The van der Waals surface area contributed by atoms with Crippen LogP contribution in [-0.4, -0.2) is 22.8 Å². The second-order valence-electron chi connectivity index (χ2n) is 5.74. The van der Waals surface area contributed by atoms with Crippen LogP contribution >= 0.6 is 11.3 Å². The molecular formula is C20H20N2OS.